The quantitative estimate of drug-likeness (QED) is 0.168. The summed E-state index contributed by atoms with van der Waals surface area (Å²) < 4.78 is 13.9. The van der Waals surface area contributed by atoms with Crippen LogP contribution in [-0.4, -0.2) is 65.7 Å². The average molecular weight is 747 g/mol. The normalized spacial score (nSPS) is 20.0. The third kappa shape index (κ3) is 6.61. The Labute approximate surface area is 320 Å². The van der Waals surface area contributed by atoms with E-state index in [-0.39, 0.29) is 18.2 Å². The second-order valence-electron chi connectivity index (χ2n) is 17.1. The largest absolute Gasteiger partial charge is 0.444 e. The molecule has 2 bridgehead atoms. The van der Waals surface area contributed by atoms with Crippen molar-refractivity contribution in [2.45, 2.75) is 110 Å². The molecule has 0 radical (unpaired) electrons. The molecule has 11 heteroatoms. The first-order valence-electron chi connectivity index (χ1n) is 19.1. The molecule has 2 aliphatic rings. The molecule has 1 aliphatic heterocycles. The number of hydrogen-bond acceptors (Lipinski definition) is 7. The fourth-order valence-corrected chi connectivity index (χ4v) is 9.58. The first-order chi connectivity index (χ1) is 25.6. The van der Waals surface area contributed by atoms with Crippen LogP contribution in [0.4, 0.5) is 9.59 Å². The second-order valence-corrected chi connectivity index (χ2v) is 18.2. The minimum Gasteiger partial charge on any atom is -0.444 e. The van der Waals surface area contributed by atoms with Crippen LogP contribution in [-0.2, 0) is 21.6 Å². The molecular weight excluding hydrogens is 697 g/mol. The van der Waals surface area contributed by atoms with Crippen molar-refractivity contribution in [2.75, 3.05) is 6.54 Å². The van der Waals surface area contributed by atoms with E-state index in [2.05, 4.69) is 76.5 Å². The van der Waals surface area contributed by atoms with Crippen molar-refractivity contribution >= 4 is 54.7 Å². The van der Waals surface area contributed by atoms with Crippen LogP contribution in [0.5, 0.6) is 0 Å². The number of benzene rings is 3. The van der Waals surface area contributed by atoms with E-state index in [1.165, 1.54) is 20.2 Å². The molecule has 0 unspecified atom stereocenters. The SMILES string of the molecule is CCCN(Cc1ncc(-c2ccc3c(c2)sc2cc(-c4ccc5nc([C@]6(C)[C@H]7CC[C@H](C7)N6C(=O)OC(C)(C)C)[nH]c5c4)ccc23)[nH]1)C(=O)OC(C)(C)C. The number of rotatable bonds is 7. The second kappa shape index (κ2) is 13.1. The van der Waals surface area contributed by atoms with Gasteiger partial charge < -0.3 is 24.3 Å². The molecule has 282 valence electrons. The molecule has 1 saturated carbocycles. The number of amides is 2. The number of piperidine rings is 1. The van der Waals surface area contributed by atoms with E-state index in [0.29, 0.717) is 19.0 Å². The van der Waals surface area contributed by atoms with E-state index in [1.54, 1.807) is 16.2 Å². The molecule has 2 N–H and O–H groups in total. The summed E-state index contributed by atoms with van der Waals surface area (Å²) in [4.78, 5) is 46.8. The maximum absolute atomic E-state index is 13.5. The summed E-state index contributed by atoms with van der Waals surface area (Å²) in [5.41, 5.74) is 4.37. The zero-order chi connectivity index (χ0) is 38.2. The summed E-state index contributed by atoms with van der Waals surface area (Å²) in [5.74, 6) is 1.88. The van der Waals surface area contributed by atoms with E-state index < -0.39 is 16.7 Å². The highest BCUT2D eigenvalue weighted by atomic mass is 32.1. The summed E-state index contributed by atoms with van der Waals surface area (Å²) in [6, 6.07) is 19.8. The number of nitrogens with one attached hydrogen (secondary N) is 2. The number of aromatic nitrogens is 4. The number of aromatic amines is 2. The lowest BCUT2D eigenvalue weighted by Crippen LogP contribution is -2.53. The summed E-state index contributed by atoms with van der Waals surface area (Å²) in [6.07, 6.45) is 5.13. The van der Waals surface area contributed by atoms with Crippen molar-refractivity contribution in [1.29, 1.82) is 0 Å². The molecule has 54 heavy (non-hydrogen) atoms. The van der Waals surface area contributed by atoms with Gasteiger partial charge in [-0.25, -0.2) is 19.6 Å². The number of carbonyl (C=O) groups is 2. The minimum atomic E-state index is -0.563. The lowest BCUT2D eigenvalue weighted by atomic mass is 9.84. The van der Waals surface area contributed by atoms with Gasteiger partial charge in [-0.2, -0.15) is 0 Å². The molecule has 1 saturated heterocycles. The van der Waals surface area contributed by atoms with Crippen molar-refractivity contribution in [3.05, 3.63) is 72.4 Å². The van der Waals surface area contributed by atoms with Crippen LogP contribution >= 0.6 is 11.3 Å². The van der Waals surface area contributed by atoms with Crippen molar-refractivity contribution in [2.24, 2.45) is 5.92 Å². The minimum absolute atomic E-state index is 0.173. The number of hydrogen-bond donors (Lipinski definition) is 2. The summed E-state index contributed by atoms with van der Waals surface area (Å²) in [7, 11) is 0. The summed E-state index contributed by atoms with van der Waals surface area (Å²) >= 11 is 1.78. The highest BCUT2D eigenvalue weighted by Gasteiger charge is 2.59. The van der Waals surface area contributed by atoms with Gasteiger partial charge >= 0.3 is 12.2 Å². The number of fused-ring (bicyclic) bond motifs is 6. The Hall–Kier alpha value is -4.90. The highest BCUT2D eigenvalue weighted by Crippen LogP contribution is 2.54. The van der Waals surface area contributed by atoms with Gasteiger partial charge in [0.05, 0.1) is 29.5 Å². The molecular formula is C43H50N6O4S. The van der Waals surface area contributed by atoms with Gasteiger partial charge in [-0.3, -0.25) is 4.90 Å². The van der Waals surface area contributed by atoms with Gasteiger partial charge in [0, 0.05) is 38.3 Å². The van der Waals surface area contributed by atoms with Crippen molar-refractivity contribution in [3.63, 3.8) is 0 Å². The van der Waals surface area contributed by atoms with Crippen molar-refractivity contribution < 1.29 is 19.1 Å². The lowest BCUT2D eigenvalue weighted by Gasteiger charge is -2.43. The van der Waals surface area contributed by atoms with Crippen LogP contribution in [0, 0.1) is 5.92 Å². The van der Waals surface area contributed by atoms with Crippen LogP contribution in [0.1, 0.15) is 92.7 Å². The molecule has 3 aromatic heterocycles. The summed E-state index contributed by atoms with van der Waals surface area (Å²) in [6.45, 7) is 16.5. The molecule has 6 aromatic rings. The zero-order valence-corrected chi connectivity index (χ0v) is 33.3. The standard InChI is InChI=1S/C43H50N6O4S/c1-9-18-48(39(50)52-41(2,3)4)24-37-44-23-34(45-37)27-11-16-31-30-15-10-26(20-35(30)54-36(31)21-27)25-12-17-32-33(19-25)47-38(46-32)43(8)28-13-14-29(22-28)49(43)40(51)53-42(5,6)7/h10-12,15-17,19-21,23,28-29H,9,13-14,18,22,24H2,1-8H3,(H,44,45)(H,46,47)/t28-,29+,43-/m0/s1. The number of H-pyrrole nitrogens is 2. The Morgan fingerprint density at radius 2 is 1.57 bits per heavy atom. The fourth-order valence-electron chi connectivity index (χ4n) is 8.39. The smallest absolute Gasteiger partial charge is 0.411 e. The third-order valence-electron chi connectivity index (χ3n) is 10.8. The molecule has 8 rings (SSSR count). The van der Waals surface area contributed by atoms with Crippen LogP contribution in [0.25, 0.3) is 53.6 Å². The Morgan fingerprint density at radius 1 is 0.907 bits per heavy atom. The van der Waals surface area contributed by atoms with E-state index >= 15 is 0 Å². The predicted octanol–water partition coefficient (Wildman–Crippen LogP) is 10.8. The van der Waals surface area contributed by atoms with E-state index in [1.807, 2.05) is 59.6 Å². The average Bonchev–Trinajstić information content (AvgIpc) is 3.93. The molecule has 10 nitrogen and oxygen atoms in total. The Morgan fingerprint density at radius 3 is 2.28 bits per heavy atom. The van der Waals surface area contributed by atoms with E-state index in [4.69, 9.17) is 14.5 Å². The van der Waals surface area contributed by atoms with E-state index in [9.17, 15) is 9.59 Å². The Kier molecular flexibility index (Phi) is 8.79. The van der Waals surface area contributed by atoms with Gasteiger partial charge in [-0.15, -0.1) is 11.3 Å². The predicted molar refractivity (Wildman–Crippen MR) is 215 cm³/mol. The highest BCUT2D eigenvalue weighted by molar-refractivity contribution is 7.25. The van der Waals surface area contributed by atoms with Gasteiger partial charge in [0.15, 0.2) is 0 Å². The van der Waals surface area contributed by atoms with Gasteiger partial charge in [-0.1, -0.05) is 37.3 Å². The van der Waals surface area contributed by atoms with Gasteiger partial charge in [0.2, 0.25) is 0 Å². The van der Waals surface area contributed by atoms with Gasteiger partial charge in [0.25, 0.3) is 0 Å². The van der Waals surface area contributed by atoms with Crippen LogP contribution in [0.3, 0.4) is 0 Å². The lowest BCUT2D eigenvalue weighted by molar-refractivity contribution is -0.0174. The van der Waals surface area contributed by atoms with Gasteiger partial charge in [0.1, 0.15) is 28.4 Å². The maximum Gasteiger partial charge on any atom is 0.411 e. The molecule has 4 heterocycles. The fraction of sp³-hybridized carbons (Fsp3) is 0.442. The summed E-state index contributed by atoms with van der Waals surface area (Å²) in [5, 5.41) is 2.44. The first-order valence-corrected chi connectivity index (χ1v) is 19.9. The van der Waals surface area contributed by atoms with Crippen molar-refractivity contribution in [3.8, 4) is 22.4 Å². The first kappa shape index (κ1) is 36.1. The topological polar surface area (TPSA) is 116 Å². The number of imidazole rings is 2. The van der Waals surface area contributed by atoms with Crippen LogP contribution in [0.2, 0.25) is 0 Å². The number of nitrogens with zero attached hydrogens (tertiary/aromatic N) is 4. The van der Waals surface area contributed by atoms with Crippen molar-refractivity contribution in [1.82, 2.24) is 29.7 Å². The Balaban J connectivity index is 1.04. The van der Waals surface area contributed by atoms with E-state index in [0.717, 1.165) is 70.7 Å². The number of ether oxygens (including phenoxy) is 2. The monoisotopic (exact) mass is 746 g/mol. The molecule has 0 spiro atoms. The number of likely N-dealkylation sites (tertiary alicyclic amines) is 1. The van der Waals surface area contributed by atoms with Crippen LogP contribution in [0.15, 0.2) is 60.8 Å². The molecule has 2 amide bonds. The third-order valence-corrected chi connectivity index (χ3v) is 12.0. The maximum atomic E-state index is 13.5. The molecule has 3 aromatic carbocycles. The molecule has 1 aliphatic carbocycles. The van der Waals surface area contributed by atoms with Crippen LogP contribution < -0.4 is 0 Å². The van der Waals surface area contributed by atoms with Gasteiger partial charge in [-0.05, 0) is 115 Å². The number of carbonyl (C=O) groups excluding carboxylic acids is 2. The zero-order valence-electron chi connectivity index (χ0n) is 32.5. The molecule has 2 fully saturated rings. The number of thiophene rings is 1. The molecule has 3 atom stereocenters. The Bertz CT molecular complexity index is 2400.